The second-order valence-corrected chi connectivity index (χ2v) is 9.03. The minimum absolute atomic E-state index is 0.159. The summed E-state index contributed by atoms with van der Waals surface area (Å²) in [4.78, 5) is 24.6. The fraction of sp³-hybridized carbons (Fsp3) is 0.381. The summed E-state index contributed by atoms with van der Waals surface area (Å²) in [7, 11) is 0. The molecule has 0 fully saturated rings. The van der Waals surface area contributed by atoms with Gasteiger partial charge < -0.3 is 0 Å². The van der Waals surface area contributed by atoms with Crippen molar-refractivity contribution in [3.05, 3.63) is 51.2 Å². The van der Waals surface area contributed by atoms with Gasteiger partial charge in [0.25, 0.3) is 0 Å². The number of fused-ring (bicyclic) bond motifs is 3. The van der Waals surface area contributed by atoms with Crippen molar-refractivity contribution in [2.45, 2.75) is 51.5 Å². The Morgan fingerprint density at radius 2 is 1.92 bits per heavy atom. The predicted octanol–water partition coefficient (Wildman–Crippen LogP) is 5.47. The monoisotopic (exact) mass is 382 g/mol. The lowest BCUT2D eigenvalue weighted by atomic mass is 9.97. The van der Waals surface area contributed by atoms with Crippen LogP contribution in [-0.4, -0.2) is 21.5 Å². The molecule has 0 atom stereocenters. The Labute approximate surface area is 162 Å². The Bertz CT molecular complexity index is 1010. The molecule has 5 heteroatoms. The van der Waals surface area contributed by atoms with Crippen molar-refractivity contribution in [1.82, 2.24) is 9.97 Å². The van der Waals surface area contributed by atoms with Gasteiger partial charge in [0, 0.05) is 15.8 Å². The molecule has 0 aliphatic heterocycles. The van der Waals surface area contributed by atoms with Gasteiger partial charge in [-0.15, -0.1) is 11.3 Å². The number of rotatable bonds is 4. The summed E-state index contributed by atoms with van der Waals surface area (Å²) >= 11 is 3.37. The number of thiophene rings is 1. The van der Waals surface area contributed by atoms with E-state index in [0.29, 0.717) is 5.75 Å². The number of ketones is 1. The van der Waals surface area contributed by atoms with Gasteiger partial charge >= 0.3 is 0 Å². The molecule has 3 nitrogen and oxygen atoms in total. The fourth-order valence-corrected chi connectivity index (χ4v) is 5.83. The van der Waals surface area contributed by atoms with Crippen molar-refractivity contribution in [3.8, 4) is 0 Å². The van der Waals surface area contributed by atoms with E-state index in [1.54, 1.807) is 11.8 Å². The highest BCUT2D eigenvalue weighted by molar-refractivity contribution is 8.00. The Kier molecular flexibility index (Phi) is 4.84. The van der Waals surface area contributed by atoms with Crippen molar-refractivity contribution < 1.29 is 4.79 Å². The Morgan fingerprint density at radius 3 is 2.73 bits per heavy atom. The quantitative estimate of drug-likeness (QED) is 0.341. The molecule has 26 heavy (non-hydrogen) atoms. The summed E-state index contributed by atoms with van der Waals surface area (Å²) in [6, 6.07) is 5.94. The maximum atomic E-state index is 12.7. The van der Waals surface area contributed by atoms with Gasteiger partial charge in [-0.3, -0.25) is 4.79 Å². The molecule has 2 heterocycles. The van der Waals surface area contributed by atoms with E-state index in [-0.39, 0.29) is 5.78 Å². The Morgan fingerprint density at radius 1 is 1.12 bits per heavy atom. The number of hydrogen-bond acceptors (Lipinski definition) is 5. The third kappa shape index (κ3) is 3.30. The van der Waals surface area contributed by atoms with Gasteiger partial charge in [-0.2, -0.15) is 0 Å². The molecule has 0 saturated carbocycles. The van der Waals surface area contributed by atoms with Gasteiger partial charge in [0.05, 0.1) is 5.75 Å². The second-order valence-electron chi connectivity index (χ2n) is 6.98. The molecule has 0 N–H and O–H groups in total. The van der Waals surface area contributed by atoms with Crippen LogP contribution in [0.2, 0.25) is 0 Å². The first-order valence-corrected chi connectivity index (χ1v) is 10.9. The zero-order chi connectivity index (χ0) is 18.3. The number of benzene rings is 1. The molecule has 0 bridgehead atoms. The number of thioether (sulfide) groups is 1. The fourth-order valence-electron chi connectivity index (χ4n) is 3.46. The van der Waals surface area contributed by atoms with E-state index < -0.39 is 0 Å². The number of hydrogen-bond donors (Lipinski definition) is 0. The minimum Gasteiger partial charge on any atom is -0.293 e. The average Bonchev–Trinajstić information content (AvgIpc) is 2.99. The van der Waals surface area contributed by atoms with Crippen molar-refractivity contribution in [1.29, 1.82) is 0 Å². The molecular weight excluding hydrogens is 360 g/mol. The average molecular weight is 383 g/mol. The van der Waals surface area contributed by atoms with Crippen LogP contribution < -0.4 is 0 Å². The summed E-state index contributed by atoms with van der Waals surface area (Å²) in [5.41, 5.74) is 4.59. The smallest absolute Gasteiger partial charge is 0.173 e. The summed E-state index contributed by atoms with van der Waals surface area (Å²) in [6.07, 6.45) is 4.76. The van der Waals surface area contributed by atoms with Crippen LogP contribution >= 0.6 is 23.1 Å². The van der Waals surface area contributed by atoms with E-state index in [2.05, 4.69) is 16.9 Å². The number of carbonyl (C=O) groups is 1. The van der Waals surface area contributed by atoms with Gasteiger partial charge in [0.15, 0.2) is 5.78 Å². The standard InChI is InChI=1S/C21H22N2OS2/c1-12-8-9-15(10-13(12)2)17(24)11-25-20-19-16-6-4-5-7-18(16)26-21(19)23-14(3)22-20/h8-10H,4-7,11H2,1-3H3. The molecule has 134 valence electrons. The zero-order valence-electron chi connectivity index (χ0n) is 15.4. The SMILES string of the molecule is Cc1nc(SCC(=O)c2ccc(C)c(C)c2)c2c3c(sc2n1)CCCC3. The van der Waals surface area contributed by atoms with Crippen molar-refractivity contribution in [2.75, 3.05) is 5.75 Å². The minimum atomic E-state index is 0.159. The predicted molar refractivity (Wildman–Crippen MR) is 110 cm³/mol. The first-order valence-electron chi connectivity index (χ1n) is 9.05. The highest BCUT2D eigenvalue weighted by atomic mass is 32.2. The number of aryl methyl sites for hydroxylation is 5. The molecule has 1 aliphatic rings. The maximum absolute atomic E-state index is 12.7. The normalized spacial score (nSPS) is 13.8. The van der Waals surface area contributed by atoms with E-state index in [1.165, 1.54) is 34.2 Å². The maximum Gasteiger partial charge on any atom is 0.173 e. The van der Waals surface area contributed by atoms with Crippen LogP contribution in [-0.2, 0) is 12.8 Å². The first kappa shape index (κ1) is 17.7. The van der Waals surface area contributed by atoms with Gasteiger partial charge in [0.1, 0.15) is 15.7 Å². The van der Waals surface area contributed by atoms with Crippen LogP contribution in [0.4, 0.5) is 0 Å². The van der Waals surface area contributed by atoms with Gasteiger partial charge in [-0.25, -0.2) is 9.97 Å². The van der Waals surface area contributed by atoms with Crippen LogP contribution in [0.25, 0.3) is 10.2 Å². The number of carbonyl (C=O) groups excluding carboxylic acids is 1. The highest BCUT2D eigenvalue weighted by Gasteiger charge is 2.21. The largest absolute Gasteiger partial charge is 0.293 e. The lowest BCUT2D eigenvalue weighted by Crippen LogP contribution is -2.04. The van der Waals surface area contributed by atoms with E-state index in [4.69, 9.17) is 0 Å². The summed E-state index contributed by atoms with van der Waals surface area (Å²) in [5.74, 6) is 1.36. The molecule has 1 aliphatic carbocycles. The van der Waals surface area contributed by atoms with Gasteiger partial charge in [0.2, 0.25) is 0 Å². The van der Waals surface area contributed by atoms with Crippen LogP contribution in [0.5, 0.6) is 0 Å². The zero-order valence-corrected chi connectivity index (χ0v) is 17.0. The van der Waals surface area contributed by atoms with Crippen LogP contribution in [0.1, 0.15) is 50.6 Å². The van der Waals surface area contributed by atoms with Gasteiger partial charge in [-0.05, 0) is 69.2 Å². The summed E-state index contributed by atoms with van der Waals surface area (Å²) < 4.78 is 0. The molecule has 0 saturated heterocycles. The van der Waals surface area contributed by atoms with Gasteiger partial charge in [-0.1, -0.05) is 23.9 Å². The molecular formula is C21H22N2OS2. The number of Topliss-reactive ketones (excluding diaryl/α,β-unsaturated/α-hetero) is 1. The molecule has 1 aromatic carbocycles. The first-order chi connectivity index (χ1) is 12.5. The Balaban J connectivity index is 1.63. The second kappa shape index (κ2) is 7.12. The van der Waals surface area contributed by atoms with E-state index in [9.17, 15) is 4.79 Å². The lowest BCUT2D eigenvalue weighted by molar-refractivity contribution is 0.102. The van der Waals surface area contributed by atoms with Crippen LogP contribution in [0.15, 0.2) is 23.2 Å². The molecule has 0 spiro atoms. The van der Waals surface area contributed by atoms with E-state index in [0.717, 1.165) is 39.6 Å². The number of nitrogens with zero attached hydrogens (tertiary/aromatic N) is 2. The summed E-state index contributed by atoms with van der Waals surface area (Å²) in [6.45, 7) is 6.06. The van der Waals surface area contributed by atoms with Crippen LogP contribution in [0.3, 0.4) is 0 Å². The van der Waals surface area contributed by atoms with Crippen molar-refractivity contribution in [2.24, 2.45) is 0 Å². The molecule has 4 rings (SSSR count). The lowest BCUT2D eigenvalue weighted by Gasteiger charge is -2.11. The molecule has 2 aromatic heterocycles. The molecule has 0 radical (unpaired) electrons. The van der Waals surface area contributed by atoms with Crippen molar-refractivity contribution in [3.63, 3.8) is 0 Å². The number of aromatic nitrogens is 2. The van der Waals surface area contributed by atoms with Crippen LogP contribution in [0, 0.1) is 20.8 Å². The molecule has 0 amide bonds. The third-order valence-corrected chi connectivity index (χ3v) is 7.22. The Hall–Kier alpha value is -1.72. The van der Waals surface area contributed by atoms with Crippen molar-refractivity contribution >= 4 is 39.1 Å². The third-order valence-electron chi connectivity index (χ3n) is 5.06. The highest BCUT2D eigenvalue weighted by Crippen LogP contribution is 2.39. The van der Waals surface area contributed by atoms with E-state index in [1.807, 2.05) is 43.4 Å². The molecule has 0 unspecified atom stereocenters. The topological polar surface area (TPSA) is 42.9 Å². The van der Waals surface area contributed by atoms with E-state index >= 15 is 0 Å². The molecule has 3 aromatic rings. The summed E-state index contributed by atoms with van der Waals surface area (Å²) in [5, 5.41) is 2.18.